The molecule has 3 unspecified atom stereocenters. The van der Waals surface area contributed by atoms with Crippen LogP contribution in [0.1, 0.15) is 40.0 Å². The first-order chi connectivity index (χ1) is 7.41. The Morgan fingerprint density at radius 3 is 2.25 bits per heavy atom. The van der Waals surface area contributed by atoms with Gasteiger partial charge in [0.05, 0.1) is 5.25 Å². The zero-order chi connectivity index (χ0) is 12.3. The number of sulfonamides is 1. The second kappa shape index (κ2) is 5.47. The number of hydrogen-bond acceptors (Lipinski definition) is 3. The molecule has 0 aromatic heterocycles. The zero-order valence-corrected chi connectivity index (χ0v) is 11.5. The van der Waals surface area contributed by atoms with Gasteiger partial charge in [0.2, 0.25) is 10.0 Å². The lowest BCUT2D eigenvalue weighted by atomic mass is 10.0. The van der Waals surface area contributed by atoms with E-state index in [2.05, 4.69) is 5.32 Å². The van der Waals surface area contributed by atoms with Crippen molar-refractivity contribution in [1.82, 2.24) is 9.62 Å². The number of hydrogen-bond donors (Lipinski definition) is 1. The van der Waals surface area contributed by atoms with Gasteiger partial charge < -0.3 is 5.32 Å². The van der Waals surface area contributed by atoms with E-state index in [0.29, 0.717) is 6.54 Å². The summed E-state index contributed by atoms with van der Waals surface area (Å²) in [6, 6.07) is 0.293. The topological polar surface area (TPSA) is 49.4 Å². The van der Waals surface area contributed by atoms with Crippen molar-refractivity contribution >= 4 is 10.0 Å². The normalized spacial score (nSPS) is 30.2. The minimum absolute atomic E-state index is 0.146. The highest BCUT2D eigenvalue weighted by molar-refractivity contribution is 7.89. The molecule has 16 heavy (non-hydrogen) atoms. The molecule has 1 fully saturated rings. The summed E-state index contributed by atoms with van der Waals surface area (Å²) in [6.45, 7) is 6.32. The van der Waals surface area contributed by atoms with Crippen LogP contribution in [0.2, 0.25) is 0 Å². The molecule has 1 rings (SSSR count). The van der Waals surface area contributed by atoms with Crippen LogP contribution < -0.4 is 5.32 Å². The highest BCUT2D eigenvalue weighted by Gasteiger charge is 2.37. The zero-order valence-electron chi connectivity index (χ0n) is 10.7. The Labute approximate surface area is 99.5 Å². The molecular formula is C11H24N2O2S. The summed E-state index contributed by atoms with van der Waals surface area (Å²) in [6.07, 6.45) is 3.10. The van der Waals surface area contributed by atoms with Crippen molar-refractivity contribution in [1.29, 1.82) is 0 Å². The summed E-state index contributed by atoms with van der Waals surface area (Å²) in [4.78, 5) is 0. The van der Waals surface area contributed by atoms with Crippen LogP contribution in [-0.2, 0) is 10.0 Å². The fraction of sp³-hybridized carbons (Fsp3) is 1.00. The molecule has 0 aromatic carbocycles. The molecule has 0 bridgehead atoms. The smallest absolute Gasteiger partial charge is 0.218 e. The van der Waals surface area contributed by atoms with Gasteiger partial charge in [0.1, 0.15) is 0 Å². The molecule has 1 aliphatic heterocycles. The predicted molar refractivity (Wildman–Crippen MR) is 66.9 cm³/mol. The van der Waals surface area contributed by atoms with Crippen LogP contribution in [0.25, 0.3) is 0 Å². The van der Waals surface area contributed by atoms with Crippen molar-refractivity contribution in [2.45, 2.75) is 57.4 Å². The summed E-state index contributed by atoms with van der Waals surface area (Å²) in [5.41, 5.74) is 0. The van der Waals surface area contributed by atoms with Gasteiger partial charge in [0, 0.05) is 18.6 Å². The fourth-order valence-corrected chi connectivity index (χ4v) is 4.51. The van der Waals surface area contributed by atoms with Crippen molar-refractivity contribution < 1.29 is 8.42 Å². The maximum atomic E-state index is 12.4. The third kappa shape index (κ3) is 2.76. The van der Waals surface area contributed by atoms with Crippen molar-refractivity contribution in [2.24, 2.45) is 0 Å². The second-order valence-corrected chi connectivity index (χ2v) is 7.13. The lowest BCUT2D eigenvalue weighted by molar-refractivity contribution is 0.202. The molecule has 0 aromatic rings. The Balaban J connectivity index is 2.87. The molecule has 0 saturated carbocycles. The van der Waals surface area contributed by atoms with E-state index < -0.39 is 10.0 Å². The van der Waals surface area contributed by atoms with E-state index in [4.69, 9.17) is 0 Å². The molecule has 96 valence electrons. The molecular weight excluding hydrogens is 224 g/mol. The first-order valence-corrected chi connectivity index (χ1v) is 7.58. The first kappa shape index (κ1) is 13.9. The van der Waals surface area contributed by atoms with Gasteiger partial charge in [-0.25, -0.2) is 8.42 Å². The van der Waals surface area contributed by atoms with Gasteiger partial charge in [-0.05, 0) is 40.7 Å². The largest absolute Gasteiger partial charge is 0.318 e. The summed E-state index contributed by atoms with van der Waals surface area (Å²) < 4.78 is 26.5. The van der Waals surface area contributed by atoms with Gasteiger partial charge in [-0.2, -0.15) is 4.31 Å². The number of nitrogens with one attached hydrogen (secondary N) is 1. The SMILES string of the molecule is CNCC(C)S(=O)(=O)N1C(C)CCCC1C. The maximum absolute atomic E-state index is 12.4. The van der Waals surface area contributed by atoms with Crippen LogP contribution in [0.4, 0.5) is 0 Å². The van der Waals surface area contributed by atoms with E-state index >= 15 is 0 Å². The fourth-order valence-electron chi connectivity index (χ4n) is 2.50. The summed E-state index contributed by atoms with van der Waals surface area (Å²) >= 11 is 0. The molecule has 1 saturated heterocycles. The second-order valence-electron chi connectivity index (χ2n) is 4.87. The molecule has 4 nitrogen and oxygen atoms in total. The highest BCUT2D eigenvalue weighted by atomic mass is 32.2. The van der Waals surface area contributed by atoms with Gasteiger partial charge in [0.25, 0.3) is 0 Å². The van der Waals surface area contributed by atoms with Crippen LogP contribution in [0.15, 0.2) is 0 Å². The lowest BCUT2D eigenvalue weighted by Gasteiger charge is -2.39. The lowest BCUT2D eigenvalue weighted by Crippen LogP contribution is -2.51. The van der Waals surface area contributed by atoms with Crippen LogP contribution in [-0.4, -0.2) is 43.6 Å². The van der Waals surface area contributed by atoms with Gasteiger partial charge >= 0.3 is 0 Å². The molecule has 0 aliphatic carbocycles. The molecule has 0 spiro atoms. The Morgan fingerprint density at radius 1 is 1.31 bits per heavy atom. The highest BCUT2D eigenvalue weighted by Crippen LogP contribution is 2.27. The van der Waals surface area contributed by atoms with Crippen LogP contribution in [0, 0.1) is 0 Å². The van der Waals surface area contributed by atoms with Crippen molar-refractivity contribution in [3.05, 3.63) is 0 Å². The third-order valence-electron chi connectivity index (χ3n) is 3.41. The number of nitrogens with zero attached hydrogens (tertiary/aromatic N) is 1. The minimum atomic E-state index is -3.15. The van der Waals surface area contributed by atoms with Gasteiger partial charge in [-0.15, -0.1) is 0 Å². The van der Waals surface area contributed by atoms with Crippen molar-refractivity contribution in [3.8, 4) is 0 Å². The van der Waals surface area contributed by atoms with Gasteiger partial charge in [-0.1, -0.05) is 6.42 Å². The van der Waals surface area contributed by atoms with Crippen LogP contribution in [0.5, 0.6) is 0 Å². The van der Waals surface area contributed by atoms with E-state index in [1.807, 2.05) is 13.8 Å². The minimum Gasteiger partial charge on any atom is -0.318 e. The monoisotopic (exact) mass is 248 g/mol. The number of piperidine rings is 1. The standard InChI is InChI=1S/C11H24N2O2S/c1-9-6-5-7-10(2)13(9)16(14,15)11(3)8-12-4/h9-12H,5-8H2,1-4H3. The van der Waals surface area contributed by atoms with E-state index in [1.54, 1.807) is 18.3 Å². The van der Waals surface area contributed by atoms with E-state index in [9.17, 15) is 8.42 Å². The average Bonchev–Trinajstić information content (AvgIpc) is 2.17. The molecule has 1 aliphatic rings. The van der Waals surface area contributed by atoms with Crippen molar-refractivity contribution in [3.63, 3.8) is 0 Å². The third-order valence-corrected chi connectivity index (χ3v) is 5.90. The van der Waals surface area contributed by atoms with Gasteiger partial charge in [0.15, 0.2) is 0 Å². The molecule has 5 heteroatoms. The first-order valence-electron chi connectivity index (χ1n) is 6.08. The molecule has 0 radical (unpaired) electrons. The van der Waals surface area contributed by atoms with Crippen molar-refractivity contribution in [2.75, 3.05) is 13.6 Å². The molecule has 0 amide bonds. The Kier molecular flexibility index (Phi) is 4.76. The Morgan fingerprint density at radius 2 is 1.81 bits per heavy atom. The van der Waals surface area contributed by atoms with Gasteiger partial charge in [-0.3, -0.25) is 0 Å². The predicted octanol–water partition coefficient (Wildman–Crippen LogP) is 1.19. The molecule has 1 heterocycles. The quantitative estimate of drug-likeness (QED) is 0.813. The van der Waals surface area contributed by atoms with Crippen LogP contribution >= 0.6 is 0 Å². The molecule has 3 atom stereocenters. The van der Waals surface area contributed by atoms with E-state index in [0.717, 1.165) is 19.3 Å². The van der Waals surface area contributed by atoms with E-state index in [-0.39, 0.29) is 17.3 Å². The van der Waals surface area contributed by atoms with Crippen LogP contribution in [0.3, 0.4) is 0 Å². The summed E-state index contributed by atoms with van der Waals surface area (Å²) in [5, 5.41) is 2.59. The summed E-state index contributed by atoms with van der Waals surface area (Å²) in [7, 11) is -1.36. The Bertz CT molecular complexity index is 306. The Hall–Kier alpha value is -0.130. The van der Waals surface area contributed by atoms with E-state index in [1.165, 1.54) is 0 Å². The number of rotatable bonds is 4. The maximum Gasteiger partial charge on any atom is 0.218 e. The summed E-state index contributed by atoms with van der Waals surface area (Å²) in [5.74, 6) is 0. The average molecular weight is 248 g/mol. The molecule has 1 N–H and O–H groups in total.